The molecule has 0 aliphatic heterocycles. The third-order valence-corrected chi connectivity index (χ3v) is 4.70. The van der Waals surface area contributed by atoms with E-state index in [1.54, 1.807) is 11.3 Å². The first-order valence-corrected chi connectivity index (χ1v) is 8.47. The lowest BCUT2D eigenvalue weighted by Crippen LogP contribution is -2.30. The standard InChI is InChI=1S/C18H25NOS/c1-4-16-5-7-17(8-6-16)12-19(11-15(3)20)13-18-14(2)9-10-21-18/h5-10,15,20H,4,11-13H2,1-3H3/t15-/m1/s1. The van der Waals surface area contributed by atoms with Crippen LogP contribution in [0.25, 0.3) is 0 Å². The zero-order valence-corrected chi connectivity index (χ0v) is 14.0. The van der Waals surface area contributed by atoms with Crippen molar-refractivity contribution in [3.63, 3.8) is 0 Å². The topological polar surface area (TPSA) is 23.5 Å². The number of rotatable bonds is 7. The highest BCUT2D eigenvalue weighted by Gasteiger charge is 2.12. The Kier molecular flexibility index (Phi) is 5.97. The van der Waals surface area contributed by atoms with Crippen molar-refractivity contribution in [3.05, 3.63) is 57.3 Å². The molecule has 0 fully saturated rings. The summed E-state index contributed by atoms with van der Waals surface area (Å²) in [5.74, 6) is 0. The molecule has 114 valence electrons. The average molecular weight is 303 g/mol. The van der Waals surface area contributed by atoms with Crippen molar-refractivity contribution < 1.29 is 5.11 Å². The quantitative estimate of drug-likeness (QED) is 0.835. The maximum atomic E-state index is 9.74. The Morgan fingerprint density at radius 3 is 2.29 bits per heavy atom. The van der Waals surface area contributed by atoms with Gasteiger partial charge >= 0.3 is 0 Å². The van der Waals surface area contributed by atoms with Gasteiger partial charge in [0.1, 0.15) is 0 Å². The Labute approximate surface area is 132 Å². The van der Waals surface area contributed by atoms with Crippen molar-refractivity contribution in [3.8, 4) is 0 Å². The number of aryl methyl sites for hydroxylation is 2. The summed E-state index contributed by atoms with van der Waals surface area (Å²) >= 11 is 1.80. The van der Waals surface area contributed by atoms with Crippen molar-refractivity contribution in [1.29, 1.82) is 0 Å². The van der Waals surface area contributed by atoms with E-state index in [9.17, 15) is 5.11 Å². The van der Waals surface area contributed by atoms with Gasteiger partial charge in [0.25, 0.3) is 0 Å². The van der Waals surface area contributed by atoms with Gasteiger partial charge in [0.2, 0.25) is 0 Å². The molecule has 0 saturated carbocycles. The Morgan fingerprint density at radius 1 is 1.10 bits per heavy atom. The van der Waals surface area contributed by atoms with Crippen LogP contribution in [-0.4, -0.2) is 22.7 Å². The number of thiophene rings is 1. The molecule has 0 aliphatic rings. The van der Waals surface area contributed by atoms with Gasteiger partial charge in [0.15, 0.2) is 0 Å². The van der Waals surface area contributed by atoms with Crippen molar-refractivity contribution in [2.75, 3.05) is 6.54 Å². The van der Waals surface area contributed by atoms with Gasteiger partial charge in [0.05, 0.1) is 6.10 Å². The van der Waals surface area contributed by atoms with E-state index in [0.717, 1.165) is 19.5 Å². The lowest BCUT2D eigenvalue weighted by Gasteiger charge is -2.23. The van der Waals surface area contributed by atoms with E-state index in [2.05, 4.69) is 54.5 Å². The minimum Gasteiger partial charge on any atom is -0.392 e. The lowest BCUT2D eigenvalue weighted by atomic mass is 10.1. The molecule has 21 heavy (non-hydrogen) atoms. The van der Waals surface area contributed by atoms with E-state index in [-0.39, 0.29) is 6.10 Å². The van der Waals surface area contributed by atoms with Crippen LogP contribution in [0.5, 0.6) is 0 Å². The Morgan fingerprint density at radius 2 is 1.76 bits per heavy atom. The smallest absolute Gasteiger partial charge is 0.0639 e. The average Bonchev–Trinajstić information content (AvgIpc) is 2.84. The molecule has 2 aromatic rings. The van der Waals surface area contributed by atoms with Gasteiger partial charge in [-0.25, -0.2) is 0 Å². The van der Waals surface area contributed by atoms with Crippen LogP contribution in [-0.2, 0) is 19.5 Å². The van der Waals surface area contributed by atoms with Crippen LogP contribution in [0.4, 0.5) is 0 Å². The van der Waals surface area contributed by atoms with E-state index in [1.807, 2.05) is 6.92 Å². The lowest BCUT2D eigenvalue weighted by molar-refractivity contribution is 0.118. The molecule has 0 saturated heterocycles. The fourth-order valence-electron chi connectivity index (χ4n) is 2.47. The molecular formula is C18H25NOS. The molecule has 1 aromatic heterocycles. The third kappa shape index (κ3) is 4.95. The van der Waals surface area contributed by atoms with Crippen LogP contribution < -0.4 is 0 Å². The highest BCUT2D eigenvalue weighted by Crippen LogP contribution is 2.19. The van der Waals surface area contributed by atoms with Crippen LogP contribution in [0.3, 0.4) is 0 Å². The fourth-order valence-corrected chi connectivity index (χ4v) is 3.41. The predicted octanol–water partition coefficient (Wildman–Crippen LogP) is 4.00. The molecule has 0 unspecified atom stereocenters. The number of benzene rings is 1. The Balaban J connectivity index is 2.06. The monoisotopic (exact) mass is 303 g/mol. The SMILES string of the molecule is CCc1ccc(CN(Cc2sccc2C)C[C@@H](C)O)cc1. The summed E-state index contributed by atoms with van der Waals surface area (Å²) in [6.07, 6.45) is 0.770. The van der Waals surface area contributed by atoms with Gasteiger partial charge in [-0.1, -0.05) is 31.2 Å². The number of nitrogens with zero attached hydrogens (tertiary/aromatic N) is 1. The summed E-state index contributed by atoms with van der Waals surface area (Å²) in [5.41, 5.74) is 4.02. The molecule has 2 nitrogen and oxygen atoms in total. The van der Waals surface area contributed by atoms with Crippen LogP contribution in [0.15, 0.2) is 35.7 Å². The van der Waals surface area contributed by atoms with E-state index in [0.29, 0.717) is 6.54 Å². The molecule has 1 aromatic carbocycles. The van der Waals surface area contributed by atoms with Crippen LogP contribution in [0.1, 0.15) is 35.4 Å². The molecule has 3 heteroatoms. The van der Waals surface area contributed by atoms with Crippen molar-refractivity contribution in [1.82, 2.24) is 4.90 Å². The molecule has 0 bridgehead atoms. The predicted molar refractivity (Wildman–Crippen MR) is 90.7 cm³/mol. The van der Waals surface area contributed by atoms with Gasteiger partial charge in [-0.15, -0.1) is 11.3 Å². The van der Waals surface area contributed by atoms with Crippen molar-refractivity contribution >= 4 is 11.3 Å². The highest BCUT2D eigenvalue weighted by atomic mass is 32.1. The van der Waals surface area contributed by atoms with Crippen molar-refractivity contribution in [2.45, 2.75) is 46.4 Å². The van der Waals surface area contributed by atoms with Gasteiger partial charge in [0, 0.05) is 24.5 Å². The van der Waals surface area contributed by atoms with E-state index < -0.39 is 0 Å². The number of hydrogen-bond donors (Lipinski definition) is 1. The van der Waals surface area contributed by atoms with Crippen LogP contribution in [0.2, 0.25) is 0 Å². The molecule has 0 amide bonds. The van der Waals surface area contributed by atoms with Gasteiger partial charge in [-0.2, -0.15) is 0 Å². The van der Waals surface area contributed by atoms with Gasteiger partial charge in [-0.3, -0.25) is 4.90 Å². The molecule has 2 rings (SSSR count). The minimum atomic E-state index is -0.305. The van der Waals surface area contributed by atoms with E-state index >= 15 is 0 Å². The number of hydrogen-bond acceptors (Lipinski definition) is 3. The molecule has 1 heterocycles. The van der Waals surface area contributed by atoms with Gasteiger partial charge in [-0.05, 0) is 48.4 Å². The first-order valence-electron chi connectivity index (χ1n) is 7.59. The highest BCUT2D eigenvalue weighted by molar-refractivity contribution is 7.10. The molecule has 0 radical (unpaired) electrons. The maximum Gasteiger partial charge on any atom is 0.0639 e. The Hall–Kier alpha value is -1.16. The molecule has 0 aliphatic carbocycles. The number of aliphatic hydroxyl groups excluding tert-OH is 1. The summed E-state index contributed by atoms with van der Waals surface area (Å²) in [6.45, 7) is 8.67. The Bertz CT molecular complexity index is 545. The van der Waals surface area contributed by atoms with E-state index in [4.69, 9.17) is 0 Å². The third-order valence-electron chi connectivity index (χ3n) is 3.70. The molecule has 1 atom stereocenters. The molecule has 1 N–H and O–H groups in total. The second-order valence-corrected chi connectivity index (χ2v) is 6.72. The summed E-state index contributed by atoms with van der Waals surface area (Å²) in [6, 6.07) is 11.0. The summed E-state index contributed by atoms with van der Waals surface area (Å²) < 4.78 is 0. The first kappa shape index (κ1) is 16.2. The largest absolute Gasteiger partial charge is 0.392 e. The second-order valence-electron chi connectivity index (χ2n) is 5.72. The summed E-state index contributed by atoms with van der Waals surface area (Å²) in [5, 5.41) is 11.9. The van der Waals surface area contributed by atoms with Crippen LogP contribution >= 0.6 is 11.3 Å². The molecule has 0 spiro atoms. The molecular weight excluding hydrogens is 278 g/mol. The first-order chi connectivity index (χ1) is 10.1. The zero-order chi connectivity index (χ0) is 15.2. The maximum absolute atomic E-state index is 9.74. The zero-order valence-electron chi connectivity index (χ0n) is 13.2. The van der Waals surface area contributed by atoms with Crippen molar-refractivity contribution in [2.24, 2.45) is 0 Å². The van der Waals surface area contributed by atoms with Crippen LogP contribution in [0, 0.1) is 6.92 Å². The second kappa shape index (κ2) is 7.74. The fraction of sp³-hybridized carbons (Fsp3) is 0.444. The normalized spacial score (nSPS) is 12.8. The minimum absolute atomic E-state index is 0.305. The summed E-state index contributed by atoms with van der Waals surface area (Å²) in [4.78, 5) is 3.71. The number of aliphatic hydroxyl groups is 1. The van der Waals surface area contributed by atoms with Gasteiger partial charge < -0.3 is 5.11 Å². The summed E-state index contributed by atoms with van der Waals surface area (Å²) in [7, 11) is 0. The van der Waals surface area contributed by atoms with E-state index in [1.165, 1.54) is 21.6 Å².